The molecule has 0 fully saturated rings. The summed E-state index contributed by atoms with van der Waals surface area (Å²) in [4.78, 5) is -0.365. The Morgan fingerprint density at radius 1 is 0.659 bits per heavy atom. The van der Waals surface area contributed by atoms with E-state index in [9.17, 15) is 23.2 Å². The quantitative estimate of drug-likeness (QED) is 0.0915. The van der Waals surface area contributed by atoms with Crippen LogP contribution in [0.2, 0.25) is 0 Å². The number of fused-ring (bicyclic) bond motifs is 1. The van der Waals surface area contributed by atoms with Crippen LogP contribution >= 0.6 is 0 Å². The molecule has 0 aromatic heterocycles. The molecule has 0 bridgehead atoms. The molecule has 0 amide bonds. The molecule has 41 heavy (non-hydrogen) atoms. The van der Waals surface area contributed by atoms with Gasteiger partial charge in [-0.1, -0.05) is 18.2 Å². The minimum atomic E-state index is -4.52. The van der Waals surface area contributed by atoms with Gasteiger partial charge in [-0.2, -0.15) is 23.8 Å². The summed E-state index contributed by atoms with van der Waals surface area (Å²) in [6, 6.07) is 23.3. The van der Waals surface area contributed by atoms with Crippen LogP contribution in [0.5, 0.6) is 11.5 Å². The Labute approximate surface area is 235 Å². The number of hydrogen-bond donors (Lipinski definition) is 4. The molecule has 10 nitrogen and oxygen atoms in total. The van der Waals surface area contributed by atoms with Crippen molar-refractivity contribution in [2.75, 3.05) is 5.73 Å². The van der Waals surface area contributed by atoms with Crippen LogP contribution in [0.25, 0.3) is 21.9 Å². The van der Waals surface area contributed by atoms with Gasteiger partial charge in [-0.3, -0.25) is 4.55 Å². The molecule has 0 aliphatic rings. The van der Waals surface area contributed by atoms with E-state index in [1.165, 1.54) is 24.3 Å². The summed E-state index contributed by atoms with van der Waals surface area (Å²) >= 11 is 0. The molecule has 0 saturated heterocycles. The third kappa shape index (κ3) is 5.76. The average Bonchev–Trinajstić information content (AvgIpc) is 2.93. The molecule has 5 rings (SSSR count). The highest BCUT2D eigenvalue weighted by molar-refractivity contribution is 7.86. The van der Waals surface area contributed by atoms with Crippen LogP contribution in [0.3, 0.4) is 0 Å². The van der Waals surface area contributed by atoms with E-state index in [4.69, 9.17) is 5.73 Å². The van der Waals surface area contributed by atoms with Crippen LogP contribution in [-0.2, 0) is 10.1 Å². The predicted molar refractivity (Wildman–Crippen MR) is 158 cm³/mol. The van der Waals surface area contributed by atoms with Crippen molar-refractivity contribution >= 4 is 49.3 Å². The maximum Gasteiger partial charge on any atom is 0.295 e. The molecule has 0 aliphatic carbocycles. The first kappa shape index (κ1) is 27.4. The number of aryl methyl sites for hydroxylation is 2. The number of nitrogens with two attached hydrogens (primary N) is 1. The van der Waals surface area contributed by atoms with Crippen molar-refractivity contribution < 1.29 is 23.2 Å². The van der Waals surface area contributed by atoms with Crippen LogP contribution in [-0.4, -0.2) is 23.2 Å². The third-order valence-corrected chi connectivity index (χ3v) is 7.43. The van der Waals surface area contributed by atoms with E-state index in [0.717, 1.165) is 27.9 Å². The first-order valence-corrected chi connectivity index (χ1v) is 13.8. The number of phenols is 2. The van der Waals surface area contributed by atoms with Crippen molar-refractivity contribution in [2.24, 2.45) is 20.5 Å². The van der Waals surface area contributed by atoms with E-state index in [-0.39, 0.29) is 38.5 Å². The topological polar surface area (TPSA) is 170 Å². The highest BCUT2D eigenvalue weighted by atomic mass is 32.2. The molecule has 0 radical (unpaired) electrons. The number of hydrogen-bond acceptors (Lipinski definition) is 9. The van der Waals surface area contributed by atoms with Crippen molar-refractivity contribution in [2.45, 2.75) is 18.7 Å². The molecule has 0 unspecified atom stereocenters. The molecule has 0 heterocycles. The lowest BCUT2D eigenvalue weighted by Crippen LogP contribution is -2.00. The van der Waals surface area contributed by atoms with Crippen molar-refractivity contribution in [3.8, 4) is 22.6 Å². The zero-order valence-corrected chi connectivity index (χ0v) is 22.8. The second kappa shape index (κ2) is 10.8. The van der Waals surface area contributed by atoms with Gasteiger partial charge in [-0.25, -0.2) is 0 Å². The maximum atomic E-state index is 11.7. The molecule has 5 aromatic rings. The fraction of sp³-hybridized carbons (Fsp3) is 0.0667. The Morgan fingerprint density at radius 3 is 1.76 bits per heavy atom. The molecule has 5 aromatic carbocycles. The predicted octanol–water partition coefficient (Wildman–Crippen LogP) is 8.19. The van der Waals surface area contributed by atoms with E-state index in [0.29, 0.717) is 11.4 Å². The highest BCUT2D eigenvalue weighted by Gasteiger charge is 2.19. The Kier molecular flexibility index (Phi) is 7.22. The first-order chi connectivity index (χ1) is 19.5. The molecule has 11 heteroatoms. The molecule has 0 aliphatic heterocycles. The number of azo groups is 2. The lowest BCUT2D eigenvalue weighted by Gasteiger charge is -2.10. The summed E-state index contributed by atoms with van der Waals surface area (Å²) in [6.07, 6.45) is 0. The summed E-state index contributed by atoms with van der Waals surface area (Å²) in [5.41, 5.74) is 11.9. The van der Waals surface area contributed by atoms with E-state index in [1.807, 2.05) is 50.2 Å². The Balaban J connectivity index is 1.39. The lowest BCUT2D eigenvalue weighted by molar-refractivity contribution is 0.475. The largest absolute Gasteiger partial charge is 0.508 e. The maximum absolute atomic E-state index is 11.7. The zero-order valence-electron chi connectivity index (χ0n) is 22.0. The van der Waals surface area contributed by atoms with Crippen molar-refractivity contribution in [1.82, 2.24) is 0 Å². The van der Waals surface area contributed by atoms with Crippen LogP contribution in [0.15, 0.2) is 110 Å². The van der Waals surface area contributed by atoms with Crippen LogP contribution in [0.1, 0.15) is 11.1 Å². The van der Waals surface area contributed by atoms with E-state index >= 15 is 0 Å². The second-order valence-electron chi connectivity index (χ2n) is 9.40. The molecule has 0 atom stereocenters. The van der Waals surface area contributed by atoms with Gasteiger partial charge < -0.3 is 15.9 Å². The fourth-order valence-corrected chi connectivity index (χ4v) is 5.04. The van der Waals surface area contributed by atoms with Crippen molar-refractivity contribution in [1.29, 1.82) is 0 Å². The van der Waals surface area contributed by atoms with Gasteiger partial charge >= 0.3 is 0 Å². The van der Waals surface area contributed by atoms with Crippen LogP contribution in [0, 0.1) is 13.8 Å². The minimum Gasteiger partial charge on any atom is -0.508 e. The van der Waals surface area contributed by atoms with Gasteiger partial charge in [0.1, 0.15) is 16.3 Å². The number of anilines is 1. The molecule has 206 valence electrons. The normalized spacial score (nSPS) is 12.1. The smallest absolute Gasteiger partial charge is 0.295 e. The zero-order chi connectivity index (χ0) is 29.3. The number of rotatable bonds is 6. The van der Waals surface area contributed by atoms with Gasteiger partial charge in [0.15, 0.2) is 5.75 Å². The summed E-state index contributed by atoms with van der Waals surface area (Å²) < 4.78 is 33.0. The number of benzene rings is 5. The molecule has 5 N–H and O–H groups in total. The first-order valence-electron chi connectivity index (χ1n) is 12.4. The van der Waals surface area contributed by atoms with Crippen molar-refractivity contribution in [3.05, 3.63) is 96.1 Å². The standard InChI is InChI=1S/C30H25N5O5S/c1-17-15-19(3-11-25(17)33-32-21-5-7-22(36)8-6-21)20-4-12-26(18(2)16-20)34-35-27-13-9-23-28(41(38,39)40)14-10-24(31)29(23)30(27)37/h3-16,36-37H,31H2,1-2H3,(H,38,39,40). The van der Waals surface area contributed by atoms with Gasteiger partial charge in [0.25, 0.3) is 10.1 Å². The van der Waals surface area contributed by atoms with E-state index < -0.39 is 10.1 Å². The van der Waals surface area contributed by atoms with Crippen LogP contribution < -0.4 is 5.73 Å². The van der Waals surface area contributed by atoms with Gasteiger partial charge in [0.2, 0.25) is 0 Å². The Morgan fingerprint density at radius 2 is 1.20 bits per heavy atom. The van der Waals surface area contributed by atoms with Crippen LogP contribution in [0.4, 0.5) is 28.4 Å². The number of nitrogens with zero attached hydrogens (tertiary/aromatic N) is 4. The Hall–Kier alpha value is -5.13. The monoisotopic (exact) mass is 567 g/mol. The van der Waals surface area contributed by atoms with Gasteiger partial charge in [0, 0.05) is 11.1 Å². The van der Waals surface area contributed by atoms with E-state index in [1.54, 1.807) is 24.3 Å². The molecule has 0 saturated carbocycles. The molecular formula is C30H25N5O5S. The van der Waals surface area contributed by atoms with Gasteiger partial charge in [-0.05, 0) is 103 Å². The fourth-order valence-electron chi connectivity index (χ4n) is 4.36. The lowest BCUT2D eigenvalue weighted by atomic mass is 10.0. The summed E-state index contributed by atoms with van der Waals surface area (Å²) in [5.74, 6) is -0.178. The highest BCUT2D eigenvalue weighted by Crippen LogP contribution is 2.41. The number of nitrogen functional groups attached to an aromatic ring is 1. The number of phenolic OH excluding ortho intramolecular Hbond substituents is 2. The number of aromatic hydroxyl groups is 2. The molecular weight excluding hydrogens is 542 g/mol. The SMILES string of the molecule is Cc1cc(-c2ccc(N=Nc3ccc4c(S(=O)(=O)O)ccc(N)c4c3O)c(C)c2)ccc1N=Nc1ccc(O)cc1. The second-order valence-corrected chi connectivity index (χ2v) is 10.8. The summed E-state index contributed by atoms with van der Waals surface area (Å²) in [6.45, 7) is 3.84. The Bertz CT molecular complexity index is 1970. The summed E-state index contributed by atoms with van der Waals surface area (Å²) in [7, 11) is -4.52. The average molecular weight is 568 g/mol. The van der Waals surface area contributed by atoms with Crippen molar-refractivity contribution in [3.63, 3.8) is 0 Å². The summed E-state index contributed by atoms with van der Waals surface area (Å²) in [5, 5.41) is 37.3. The third-order valence-electron chi connectivity index (χ3n) is 6.52. The minimum absolute atomic E-state index is 0.0602. The van der Waals surface area contributed by atoms with Gasteiger partial charge in [-0.15, -0.1) is 5.11 Å². The van der Waals surface area contributed by atoms with E-state index in [2.05, 4.69) is 20.5 Å². The molecule has 0 spiro atoms. The van der Waals surface area contributed by atoms with Gasteiger partial charge in [0.05, 0.1) is 22.4 Å².